The predicted octanol–water partition coefficient (Wildman–Crippen LogP) is 2.80. The fourth-order valence-corrected chi connectivity index (χ4v) is 6.33. The standard InChI is InChI=1S/C21H22N4O3S2/c1-13-2-6-16(7-3-13)30(27,28)21-22-10-15(29-21)11-25-9-8-18-17(12-25)20(26)24-19(23-18)14-4-5-14/h2-3,6-7,10,14H,4-5,8-9,11-12H2,1H3,(H,23,24,26). The van der Waals surface area contributed by atoms with E-state index in [1.165, 1.54) is 11.3 Å². The third-order valence-corrected chi connectivity index (χ3v) is 8.75. The number of hydrogen-bond donors (Lipinski definition) is 1. The van der Waals surface area contributed by atoms with Gasteiger partial charge in [0.1, 0.15) is 5.82 Å². The average molecular weight is 443 g/mol. The van der Waals surface area contributed by atoms with Crippen LogP contribution in [0, 0.1) is 6.92 Å². The van der Waals surface area contributed by atoms with Gasteiger partial charge < -0.3 is 4.98 Å². The van der Waals surface area contributed by atoms with Crippen LogP contribution >= 0.6 is 11.3 Å². The molecule has 0 atom stereocenters. The molecule has 1 aromatic carbocycles. The van der Waals surface area contributed by atoms with E-state index >= 15 is 0 Å². The lowest BCUT2D eigenvalue weighted by molar-refractivity contribution is 0.243. The third-order valence-electron chi connectivity index (χ3n) is 5.60. The largest absolute Gasteiger partial charge is 0.310 e. The van der Waals surface area contributed by atoms with Crippen molar-refractivity contribution < 1.29 is 8.42 Å². The molecule has 3 heterocycles. The number of aromatic nitrogens is 3. The summed E-state index contributed by atoms with van der Waals surface area (Å²) in [5.74, 6) is 1.26. The Bertz CT molecular complexity index is 1260. The van der Waals surface area contributed by atoms with Crippen LogP contribution in [-0.4, -0.2) is 34.8 Å². The summed E-state index contributed by atoms with van der Waals surface area (Å²) >= 11 is 1.19. The number of hydrogen-bond acceptors (Lipinski definition) is 7. The molecule has 156 valence electrons. The van der Waals surface area contributed by atoms with Gasteiger partial charge in [-0.1, -0.05) is 17.7 Å². The highest BCUT2D eigenvalue weighted by atomic mass is 32.2. The maximum atomic E-state index is 12.8. The molecule has 1 fully saturated rings. The molecule has 0 spiro atoms. The van der Waals surface area contributed by atoms with E-state index in [1.807, 2.05) is 6.92 Å². The summed E-state index contributed by atoms with van der Waals surface area (Å²) < 4.78 is 25.8. The number of benzene rings is 1. The van der Waals surface area contributed by atoms with E-state index in [0.29, 0.717) is 19.0 Å². The molecular weight excluding hydrogens is 420 g/mol. The molecule has 9 heteroatoms. The molecule has 1 N–H and O–H groups in total. The average Bonchev–Trinajstić information content (AvgIpc) is 3.47. The lowest BCUT2D eigenvalue weighted by Crippen LogP contribution is -2.35. The number of nitrogens with zero attached hydrogens (tertiary/aromatic N) is 3. The Morgan fingerprint density at radius 2 is 2.00 bits per heavy atom. The van der Waals surface area contributed by atoms with Crippen LogP contribution in [0.1, 0.15) is 46.3 Å². The van der Waals surface area contributed by atoms with Crippen molar-refractivity contribution in [2.75, 3.05) is 6.54 Å². The summed E-state index contributed by atoms with van der Waals surface area (Å²) in [7, 11) is -3.61. The first-order chi connectivity index (χ1) is 14.4. The lowest BCUT2D eigenvalue weighted by Gasteiger charge is -2.27. The van der Waals surface area contributed by atoms with Gasteiger partial charge in [0.05, 0.1) is 16.2 Å². The quantitative estimate of drug-likeness (QED) is 0.653. The van der Waals surface area contributed by atoms with E-state index < -0.39 is 9.84 Å². The number of nitrogens with one attached hydrogen (secondary N) is 1. The van der Waals surface area contributed by atoms with Gasteiger partial charge in [-0.15, -0.1) is 11.3 Å². The van der Waals surface area contributed by atoms with Gasteiger partial charge in [-0.05, 0) is 31.9 Å². The second-order valence-electron chi connectivity index (χ2n) is 8.02. The van der Waals surface area contributed by atoms with Gasteiger partial charge in [-0.3, -0.25) is 9.69 Å². The molecule has 0 bridgehead atoms. The van der Waals surface area contributed by atoms with E-state index in [2.05, 4.69) is 19.9 Å². The molecule has 1 aliphatic heterocycles. The summed E-state index contributed by atoms with van der Waals surface area (Å²) in [5.41, 5.74) is 2.60. The normalized spacial score (nSPS) is 17.1. The van der Waals surface area contributed by atoms with Crippen molar-refractivity contribution in [2.24, 2.45) is 0 Å². The Hall–Kier alpha value is -2.36. The van der Waals surface area contributed by atoms with Crippen molar-refractivity contribution in [3.8, 4) is 0 Å². The van der Waals surface area contributed by atoms with Crippen molar-refractivity contribution in [3.63, 3.8) is 0 Å². The summed E-state index contributed by atoms with van der Waals surface area (Å²) in [4.78, 5) is 27.6. The SMILES string of the molecule is Cc1ccc(S(=O)(=O)c2ncc(CN3CCc4nc(C5CC5)[nH]c(=O)c4C3)s2)cc1. The van der Waals surface area contributed by atoms with Crippen molar-refractivity contribution >= 4 is 21.2 Å². The first-order valence-electron chi connectivity index (χ1n) is 10.0. The Labute approximate surface area is 178 Å². The second kappa shape index (κ2) is 7.40. The minimum Gasteiger partial charge on any atom is -0.310 e. The highest BCUT2D eigenvalue weighted by Crippen LogP contribution is 2.38. The van der Waals surface area contributed by atoms with Crippen molar-refractivity contribution in [2.45, 2.75) is 54.4 Å². The number of rotatable bonds is 5. The van der Waals surface area contributed by atoms with Crippen LogP contribution in [0.5, 0.6) is 0 Å². The van der Waals surface area contributed by atoms with Crippen molar-refractivity contribution in [1.29, 1.82) is 0 Å². The van der Waals surface area contributed by atoms with Gasteiger partial charge in [0.25, 0.3) is 5.56 Å². The first-order valence-corrected chi connectivity index (χ1v) is 12.3. The van der Waals surface area contributed by atoms with Crippen LogP contribution in [0.2, 0.25) is 0 Å². The number of aryl methyl sites for hydroxylation is 1. The Morgan fingerprint density at radius 1 is 1.23 bits per heavy atom. The highest BCUT2D eigenvalue weighted by molar-refractivity contribution is 7.93. The van der Waals surface area contributed by atoms with Gasteiger partial charge in [0.15, 0.2) is 0 Å². The molecule has 2 aliphatic rings. The fraction of sp³-hybridized carbons (Fsp3) is 0.381. The summed E-state index contributed by atoms with van der Waals surface area (Å²) in [6.45, 7) is 3.78. The maximum absolute atomic E-state index is 12.8. The summed E-state index contributed by atoms with van der Waals surface area (Å²) in [6.07, 6.45) is 4.56. The minimum atomic E-state index is -3.61. The predicted molar refractivity (Wildman–Crippen MR) is 113 cm³/mol. The molecule has 0 radical (unpaired) electrons. The topological polar surface area (TPSA) is 96.0 Å². The van der Waals surface area contributed by atoms with Gasteiger partial charge in [0.2, 0.25) is 14.2 Å². The van der Waals surface area contributed by atoms with Crippen LogP contribution in [0.4, 0.5) is 0 Å². The van der Waals surface area contributed by atoms with E-state index in [0.717, 1.165) is 53.3 Å². The molecule has 0 unspecified atom stereocenters. The zero-order chi connectivity index (χ0) is 20.9. The number of sulfone groups is 1. The number of thiazole rings is 1. The summed E-state index contributed by atoms with van der Waals surface area (Å²) in [5, 5.41) is 0. The molecule has 1 saturated carbocycles. The number of H-pyrrole nitrogens is 1. The molecule has 0 saturated heterocycles. The summed E-state index contributed by atoms with van der Waals surface area (Å²) in [6, 6.07) is 6.80. The molecule has 3 aromatic rings. The molecule has 2 aromatic heterocycles. The molecule has 5 rings (SSSR count). The second-order valence-corrected chi connectivity index (χ2v) is 11.3. The molecule has 30 heavy (non-hydrogen) atoms. The third kappa shape index (κ3) is 3.73. The highest BCUT2D eigenvalue weighted by Gasteiger charge is 2.29. The van der Waals surface area contributed by atoms with E-state index in [1.54, 1.807) is 30.5 Å². The van der Waals surface area contributed by atoms with E-state index in [-0.39, 0.29) is 14.8 Å². The molecule has 0 amide bonds. The van der Waals surface area contributed by atoms with Crippen LogP contribution in [0.15, 0.2) is 44.5 Å². The first kappa shape index (κ1) is 19.6. The zero-order valence-electron chi connectivity index (χ0n) is 16.6. The van der Waals surface area contributed by atoms with Gasteiger partial charge >= 0.3 is 0 Å². The Kier molecular flexibility index (Phi) is 4.83. The van der Waals surface area contributed by atoms with Crippen LogP contribution < -0.4 is 5.56 Å². The number of aromatic amines is 1. The molecular formula is C21H22N4O3S2. The Balaban J connectivity index is 1.32. The Morgan fingerprint density at radius 3 is 2.73 bits per heavy atom. The van der Waals surface area contributed by atoms with Crippen molar-refractivity contribution in [3.05, 3.63) is 68.3 Å². The van der Waals surface area contributed by atoms with Crippen LogP contribution in [0.25, 0.3) is 0 Å². The molecule has 7 nitrogen and oxygen atoms in total. The monoisotopic (exact) mass is 442 g/mol. The minimum absolute atomic E-state index is 0.0430. The van der Waals surface area contributed by atoms with E-state index in [9.17, 15) is 13.2 Å². The van der Waals surface area contributed by atoms with Gasteiger partial charge in [-0.25, -0.2) is 18.4 Å². The lowest BCUT2D eigenvalue weighted by atomic mass is 10.1. The molecule has 1 aliphatic carbocycles. The zero-order valence-corrected chi connectivity index (χ0v) is 18.2. The maximum Gasteiger partial charge on any atom is 0.255 e. The van der Waals surface area contributed by atoms with E-state index in [4.69, 9.17) is 0 Å². The van der Waals surface area contributed by atoms with Gasteiger partial charge in [-0.2, -0.15) is 0 Å². The van der Waals surface area contributed by atoms with Gasteiger partial charge in [0, 0.05) is 43.0 Å². The van der Waals surface area contributed by atoms with Crippen molar-refractivity contribution in [1.82, 2.24) is 19.9 Å². The fourth-order valence-electron chi connectivity index (χ4n) is 3.71. The smallest absolute Gasteiger partial charge is 0.255 e. The number of fused-ring (bicyclic) bond motifs is 1. The van der Waals surface area contributed by atoms with Crippen LogP contribution in [-0.2, 0) is 29.3 Å². The van der Waals surface area contributed by atoms with Crippen LogP contribution in [0.3, 0.4) is 0 Å².